The molecule has 0 aliphatic heterocycles. The first-order valence-corrected chi connectivity index (χ1v) is 14.8. The number of para-hydroxylation sites is 1. The Bertz CT molecular complexity index is 2480. The normalized spacial score (nSPS) is 11.6. The van der Waals surface area contributed by atoms with Gasteiger partial charge in [0.2, 0.25) is 0 Å². The average molecular weight is 560 g/mol. The number of rotatable bonds is 3. The lowest BCUT2D eigenvalue weighted by molar-refractivity contribution is 1.32. The molecule has 44 heavy (non-hydrogen) atoms. The lowest BCUT2D eigenvalue weighted by Gasteiger charge is -2.17. The van der Waals surface area contributed by atoms with Gasteiger partial charge in [-0.15, -0.1) is 0 Å². The van der Waals surface area contributed by atoms with Crippen LogP contribution < -0.4 is 0 Å². The molecule has 3 heterocycles. The summed E-state index contributed by atoms with van der Waals surface area (Å²) in [5.74, 6) is 0. The Kier molecular flexibility index (Phi) is 5.50. The molecule has 3 heteroatoms. The molecule has 0 spiro atoms. The fraction of sp³-hybridized carbons (Fsp3) is 0. The number of hydrogen-bond donors (Lipinski definition) is 0. The molecule has 3 aromatic heterocycles. The molecule has 0 N–H and O–H groups in total. The molecule has 9 rings (SSSR count). The number of benzene rings is 6. The van der Waals surface area contributed by atoms with Crippen LogP contribution in [0.15, 0.2) is 152 Å². The van der Waals surface area contributed by atoms with Crippen LogP contribution in [-0.2, 0) is 0 Å². The molecule has 9 aromatic rings. The molecular weight excluding hydrogens is 534 g/mol. The van der Waals surface area contributed by atoms with Crippen LogP contribution in [0, 0.1) is 0 Å². The summed E-state index contributed by atoms with van der Waals surface area (Å²) in [6, 6.07) is 45.7. The molecular formula is C41H25N3. The monoisotopic (exact) mass is 559 g/mol. The first-order chi connectivity index (χ1) is 21.8. The van der Waals surface area contributed by atoms with E-state index in [0.717, 1.165) is 44.2 Å². The van der Waals surface area contributed by atoms with Crippen molar-refractivity contribution in [3.63, 3.8) is 0 Å². The lowest BCUT2D eigenvalue weighted by atomic mass is 9.87. The molecule has 6 aromatic carbocycles. The highest BCUT2D eigenvalue weighted by molar-refractivity contribution is 6.33. The van der Waals surface area contributed by atoms with Crippen LogP contribution in [0.4, 0.5) is 0 Å². The largest absolute Gasteiger partial charge is 0.264 e. The SMILES string of the molecule is c1cncc(-c2cc(-c3cccnc3)cc(-c3cc4c5ccccc5c5nc6ccccc6cc5c4c4ccccc34)c2)c1. The first-order valence-electron chi connectivity index (χ1n) is 14.8. The van der Waals surface area contributed by atoms with E-state index >= 15 is 0 Å². The van der Waals surface area contributed by atoms with E-state index in [1.54, 1.807) is 0 Å². The summed E-state index contributed by atoms with van der Waals surface area (Å²) in [4.78, 5) is 14.1. The van der Waals surface area contributed by atoms with Gasteiger partial charge in [0.1, 0.15) is 0 Å². The Labute approximate surface area is 254 Å². The van der Waals surface area contributed by atoms with E-state index in [1.807, 2.05) is 36.9 Å². The molecule has 0 amide bonds. The molecule has 0 saturated heterocycles. The van der Waals surface area contributed by atoms with E-state index in [0.29, 0.717) is 0 Å². The van der Waals surface area contributed by atoms with Gasteiger partial charge in [0, 0.05) is 52.1 Å². The van der Waals surface area contributed by atoms with Gasteiger partial charge in [-0.1, -0.05) is 78.9 Å². The quantitative estimate of drug-likeness (QED) is 0.160. The first kappa shape index (κ1) is 24.6. The van der Waals surface area contributed by atoms with Gasteiger partial charge < -0.3 is 0 Å². The predicted octanol–water partition coefficient (Wildman–Crippen LogP) is 10.6. The molecule has 0 aliphatic carbocycles. The smallest absolute Gasteiger partial charge is 0.0794 e. The highest BCUT2D eigenvalue weighted by atomic mass is 14.7. The molecule has 0 bridgehead atoms. The molecule has 0 saturated carbocycles. The van der Waals surface area contributed by atoms with Gasteiger partial charge in [0.05, 0.1) is 11.0 Å². The summed E-state index contributed by atoms with van der Waals surface area (Å²) >= 11 is 0. The molecule has 0 fully saturated rings. The summed E-state index contributed by atoms with van der Waals surface area (Å²) in [5, 5.41) is 9.62. The van der Waals surface area contributed by atoms with Crippen molar-refractivity contribution in [2.45, 2.75) is 0 Å². The third-order valence-corrected chi connectivity index (χ3v) is 8.74. The Morgan fingerprint density at radius 1 is 0.386 bits per heavy atom. The maximum atomic E-state index is 5.22. The van der Waals surface area contributed by atoms with Crippen molar-refractivity contribution in [1.29, 1.82) is 0 Å². The maximum Gasteiger partial charge on any atom is 0.0794 e. The average Bonchev–Trinajstić information content (AvgIpc) is 3.11. The van der Waals surface area contributed by atoms with E-state index < -0.39 is 0 Å². The molecule has 204 valence electrons. The van der Waals surface area contributed by atoms with Crippen molar-refractivity contribution in [1.82, 2.24) is 15.0 Å². The van der Waals surface area contributed by atoms with Crippen LogP contribution in [0.1, 0.15) is 0 Å². The second kappa shape index (κ2) is 9.82. The van der Waals surface area contributed by atoms with E-state index in [9.17, 15) is 0 Å². The Morgan fingerprint density at radius 2 is 1.00 bits per heavy atom. The summed E-state index contributed by atoms with van der Waals surface area (Å²) in [6.07, 6.45) is 7.50. The zero-order chi connectivity index (χ0) is 29.0. The van der Waals surface area contributed by atoms with Crippen molar-refractivity contribution < 1.29 is 0 Å². The zero-order valence-corrected chi connectivity index (χ0v) is 23.8. The Balaban J connectivity index is 1.43. The number of hydrogen-bond acceptors (Lipinski definition) is 3. The van der Waals surface area contributed by atoms with Crippen LogP contribution in [0.5, 0.6) is 0 Å². The van der Waals surface area contributed by atoms with Crippen molar-refractivity contribution in [3.8, 4) is 33.4 Å². The minimum Gasteiger partial charge on any atom is -0.264 e. The molecule has 0 atom stereocenters. The van der Waals surface area contributed by atoms with Crippen LogP contribution in [0.2, 0.25) is 0 Å². The summed E-state index contributed by atoms with van der Waals surface area (Å²) in [7, 11) is 0. The van der Waals surface area contributed by atoms with E-state index in [-0.39, 0.29) is 0 Å². The van der Waals surface area contributed by atoms with Crippen molar-refractivity contribution in [2.24, 2.45) is 0 Å². The Hall–Kier alpha value is -5.93. The van der Waals surface area contributed by atoms with Gasteiger partial charge >= 0.3 is 0 Å². The number of nitrogens with zero attached hydrogens (tertiary/aromatic N) is 3. The van der Waals surface area contributed by atoms with Gasteiger partial charge in [-0.05, 0) is 97.7 Å². The summed E-state index contributed by atoms with van der Waals surface area (Å²) in [5.41, 5.74) is 8.82. The third kappa shape index (κ3) is 3.87. The van der Waals surface area contributed by atoms with Crippen LogP contribution >= 0.6 is 0 Å². The van der Waals surface area contributed by atoms with E-state index in [2.05, 4.69) is 125 Å². The second-order valence-corrected chi connectivity index (χ2v) is 11.3. The van der Waals surface area contributed by atoms with E-state index in [1.165, 1.54) is 43.3 Å². The van der Waals surface area contributed by atoms with E-state index in [4.69, 9.17) is 4.98 Å². The highest BCUT2D eigenvalue weighted by Crippen LogP contribution is 2.44. The fourth-order valence-corrected chi connectivity index (χ4v) is 6.74. The van der Waals surface area contributed by atoms with Gasteiger partial charge in [-0.25, -0.2) is 4.98 Å². The van der Waals surface area contributed by atoms with Crippen LogP contribution in [0.3, 0.4) is 0 Å². The maximum absolute atomic E-state index is 5.22. The van der Waals surface area contributed by atoms with Crippen molar-refractivity contribution in [3.05, 3.63) is 152 Å². The number of aromatic nitrogens is 3. The van der Waals surface area contributed by atoms with Crippen molar-refractivity contribution >= 4 is 54.1 Å². The standard InChI is InChI=1S/C41H25N3/c1-6-16-39-26(9-1)22-38-40-34-14-4-2-12-32(34)36(23-37(40)33-13-3-5-15-35(33)41(38)44-39)31-20-29(27-10-7-17-42-24-27)19-30(21-31)28-11-8-18-43-25-28/h1-25H. The topological polar surface area (TPSA) is 38.7 Å². The van der Waals surface area contributed by atoms with Gasteiger partial charge in [-0.3, -0.25) is 9.97 Å². The summed E-state index contributed by atoms with van der Waals surface area (Å²) < 4.78 is 0. The fourth-order valence-electron chi connectivity index (χ4n) is 6.74. The minimum absolute atomic E-state index is 1.01. The molecule has 0 aliphatic rings. The highest BCUT2D eigenvalue weighted by Gasteiger charge is 2.17. The second-order valence-electron chi connectivity index (χ2n) is 11.3. The van der Waals surface area contributed by atoms with Crippen molar-refractivity contribution in [2.75, 3.05) is 0 Å². The summed E-state index contributed by atoms with van der Waals surface area (Å²) in [6.45, 7) is 0. The number of fused-ring (bicyclic) bond motifs is 9. The number of pyridine rings is 3. The van der Waals surface area contributed by atoms with Gasteiger partial charge in [0.15, 0.2) is 0 Å². The van der Waals surface area contributed by atoms with Gasteiger partial charge in [0.25, 0.3) is 0 Å². The predicted molar refractivity (Wildman–Crippen MR) is 184 cm³/mol. The lowest BCUT2D eigenvalue weighted by Crippen LogP contribution is -1.92. The Morgan fingerprint density at radius 3 is 1.70 bits per heavy atom. The molecule has 3 nitrogen and oxygen atoms in total. The minimum atomic E-state index is 1.01. The third-order valence-electron chi connectivity index (χ3n) is 8.74. The van der Waals surface area contributed by atoms with Gasteiger partial charge in [-0.2, -0.15) is 0 Å². The molecule has 0 unspecified atom stereocenters. The zero-order valence-electron chi connectivity index (χ0n) is 23.8. The van der Waals surface area contributed by atoms with Crippen LogP contribution in [0.25, 0.3) is 87.5 Å². The molecule has 0 radical (unpaired) electrons. The van der Waals surface area contributed by atoms with Crippen LogP contribution in [-0.4, -0.2) is 15.0 Å².